The van der Waals surface area contributed by atoms with Crippen molar-refractivity contribution in [1.29, 1.82) is 0 Å². The molecule has 4 nitrogen and oxygen atoms in total. The quantitative estimate of drug-likeness (QED) is 0.662. The number of carbonyl (C=O) groups is 1. The average Bonchev–Trinajstić information content (AvgIpc) is 2.45. The molecule has 0 aromatic heterocycles. The summed E-state index contributed by atoms with van der Waals surface area (Å²) in [5.74, 6) is 0.120. The molecule has 1 aromatic rings. The number of hydrogen-bond donors (Lipinski definition) is 2. The molecule has 0 radical (unpaired) electrons. The lowest BCUT2D eigenvalue weighted by Gasteiger charge is -2.21. The Morgan fingerprint density at radius 2 is 1.87 bits per heavy atom. The van der Waals surface area contributed by atoms with Crippen LogP contribution < -0.4 is 10.6 Å². The maximum absolute atomic E-state index is 11.7. The maximum Gasteiger partial charge on any atom is 0.220 e. The van der Waals surface area contributed by atoms with Crippen molar-refractivity contribution in [3.8, 4) is 0 Å². The highest BCUT2D eigenvalue weighted by atomic mass is 35.5. The molecule has 0 spiro atoms. The van der Waals surface area contributed by atoms with Gasteiger partial charge in [0, 0.05) is 25.6 Å². The van der Waals surface area contributed by atoms with Crippen LogP contribution in [0.5, 0.6) is 0 Å². The molecule has 1 aromatic carbocycles. The lowest BCUT2D eigenvalue weighted by atomic mass is 10.1. The third kappa shape index (κ3) is 10.6. The van der Waals surface area contributed by atoms with Crippen LogP contribution in [0.3, 0.4) is 0 Å². The fourth-order valence-electron chi connectivity index (χ4n) is 2.02. The summed E-state index contributed by atoms with van der Waals surface area (Å²) < 4.78 is 0. The van der Waals surface area contributed by atoms with Crippen molar-refractivity contribution in [2.45, 2.75) is 45.8 Å². The summed E-state index contributed by atoms with van der Waals surface area (Å²) in [6.07, 6.45) is 1.46. The molecule has 1 amide bonds. The normalized spacial score (nSPS) is 10.2. The molecule has 134 valence electrons. The SMILES string of the molecule is CNCCCC(=O)NCc1cccc(CN(C)C(C)C)c1.Cl.Cl. The molecule has 0 aliphatic rings. The highest BCUT2D eigenvalue weighted by Gasteiger charge is 2.05. The summed E-state index contributed by atoms with van der Waals surface area (Å²) in [7, 11) is 4.03. The molecule has 0 aliphatic carbocycles. The molecular formula is C17H31Cl2N3O. The third-order valence-electron chi connectivity index (χ3n) is 3.63. The Hall–Kier alpha value is -0.810. The largest absolute Gasteiger partial charge is 0.352 e. The van der Waals surface area contributed by atoms with Crippen LogP contribution in [0.1, 0.15) is 37.8 Å². The van der Waals surface area contributed by atoms with Crippen LogP contribution in [0, 0.1) is 0 Å². The van der Waals surface area contributed by atoms with Crippen molar-refractivity contribution < 1.29 is 4.79 Å². The second-order valence-electron chi connectivity index (χ2n) is 5.81. The number of nitrogens with one attached hydrogen (secondary N) is 2. The summed E-state index contributed by atoms with van der Waals surface area (Å²) in [5, 5.41) is 6.03. The van der Waals surface area contributed by atoms with Crippen molar-refractivity contribution in [3.05, 3.63) is 35.4 Å². The minimum atomic E-state index is 0. The van der Waals surface area contributed by atoms with Gasteiger partial charge in [-0.3, -0.25) is 9.69 Å². The zero-order valence-electron chi connectivity index (χ0n) is 14.6. The standard InChI is InChI=1S/C17H29N3O.2ClH/c1-14(2)20(4)13-16-8-5-7-15(11-16)12-19-17(21)9-6-10-18-3;;/h5,7-8,11,14,18H,6,9-10,12-13H2,1-4H3,(H,19,21);2*1H. The molecule has 0 unspecified atom stereocenters. The number of amides is 1. The summed E-state index contributed by atoms with van der Waals surface area (Å²) in [6.45, 7) is 6.80. The fourth-order valence-corrected chi connectivity index (χ4v) is 2.02. The maximum atomic E-state index is 11.7. The second kappa shape index (κ2) is 13.6. The monoisotopic (exact) mass is 363 g/mol. The third-order valence-corrected chi connectivity index (χ3v) is 3.63. The Morgan fingerprint density at radius 3 is 2.48 bits per heavy atom. The number of hydrogen-bond acceptors (Lipinski definition) is 3. The second-order valence-corrected chi connectivity index (χ2v) is 5.81. The van der Waals surface area contributed by atoms with Crippen molar-refractivity contribution in [3.63, 3.8) is 0 Å². The minimum Gasteiger partial charge on any atom is -0.352 e. The topological polar surface area (TPSA) is 44.4 Å². The van der Waals surface area contributed by atoms with Gasteiger partial charge in [0.2, 0.25) is 5.91 Å². The molecule has 0 saturated heterocycles. The molecule has 23 heavy (non-hydrogen) atoms. The van der Waals surface area contributed by atoms with Crippen molar-refractivity contribution in [1.82, 2.24) is 15.5 Å². The molecule has 0 fully saturated rings. The lowest BCUT2D eigenvalue weighted by Crippen LogP contribution is -2.26. The Bertz CT molecular complexity index is 442. The van der Waals surface area contributed by atoms with E-state index in [0.717, 1.165) is 25.1 Å². The Labute approximate surface area is 153 Å². The van der Waals surface area contributed by atoms with Gasteiger partial charge < -0.3 is 10.6 Å². The molecule has 0 heterocycles. The molecule has 0 saturated carbocycles. The van der Waals surface area contributed by atoms with Crippen LogP contribution in [0.25, 0.3) is 0 Å². The fraction of sp³-hybridized carbons (Fsp3) is 0.588. The Balaban J connectivity index is 0. The van der Waals surface area contributed by atoms with E-state index >= 15 is 0 Å². The smallest absolute Gasteiger partial charge is 0.220 e. The molecule has 2 N–H and O–H groups in total. The van der Waals surface area contributed by atoms with E-state index in [2.05, 4.69) is 60.7 Å². The number of benzene rings is 1. The summed E-state index contributed by atoms with van der Waals surface area (Å²) in [6, 6.07) is 8.96. The first-order valence-electron chi connectivity index (χ1n) is 7.72. The van der Waals surface area contributed by atoms with Crippen LogP contribution in [0.2, 0.25) is 0 Å². The van der Waals surface area contributed by atoms with Crippen LogP contribution in [0.15, 0.2) is 24.3 Å². The number of halogens is 2. The summed E-state index contributed by atoms with van der Waals surface area (Å²) in [4.78, 5) is 14.0. The summed E-state index contributed by atoms with van der Waals surface area (Å²) >= 11 is 0. The minimum absolute atomic E-state index is 0. The van der Waals surface area contributed by atoms with Gasteiger partial charge in [-0.15, -0.1) is 24.8 Å². The highest BCUT2D eigenvalue weighted by molar-refractivity contribution is 5.85. The van der Waals surface area contributed by atoms with Crippen LogP contribution in [0.4, 0.5) is 0 Å². The van der Waals surface area contributed by atoms with E-state index in [1.807, 2.05) is 7.05 Å². The van der Waals surface area contributed by atoms with Gasteiger partial charge in [-0.2, -0.15) is 0 Å². The van der Waals surface area contributed by atoms with E-state index in [9.17, 15) is 4.79 Å². The van der Waals surface area contributed by atoms with Gasteiger partial charge in [0.15, 0.2) is 0 Å². The van der Waals surface area contributed by atoms with Crippen molar-refractivity contribution in [2.75, 3.05) is 20.6 Å². The van der Waals surface area contributed by atoms with Gasteiger partial charge in [-0.05, 0) is 52.0 Å². The molecular weight excluding hydrogens is 333 g/mol. The summed E-state index contributed by atoms with van der Waals surface area (Å²) in [5.41, 5.74) is 2.44. The predicted molar refractivity (Wildman–Crippen MR) is 103 cm³/mol. The van der Waals surface area contributed by atoms with Gasteiger partial charge in [0.25, 0.3) is 0 Å². The van der Waals surface area contributed by atoms with Crippen LogP contribution in [-0.2, 0) is 17.9 Å². The van der Waals surface area contributed by atoms with Gasteiger partial charge in [-0.1, -0.05) is 24.3 Å². The Kier molecular flexibility index (Phi) is 14.5. The van der Waals surface area contributed by atoms with E-state index < -0.39 is 0 Å². The van der Waals surface area contributed by atoms with E-state index in [0.29, 0.717) is 19.0 Å². The van der Waals surface area contributed by atoms with Gasteiger partial charge in [0.1, 0.15) is 0 Å². The first kappa shape index (κ1) is 24.4. The van der Waals surface area contributed by atoms with Crippen LogP contribution in [-0.4, -0.2) is 37.5 Å². The lowest BCUT2D eigenvalue weighted by molar-refractivity contribution is -0.121. The van der Waals surface area contributed by atoms with E-state index in [1.165, 1.54) is 5.56 Å². The zero-order valence-corrected chi connectivity index (χ0v) is 16.2. The van der Waals surface area contributed by atoms with E-state index in [1.54, 1.807) is 0 Å². The first-order chi connectivity index (χ1) is 10.0. The molecule has 1 rings (SSSR count). The van der Waals surface area contributed by atoms with Crippen molar-refractivity contribution in [2.24, 2.45) is 0 Å². The van der Waals surface area contributed by atoms with E-state index in [4.69, 9.17) is 0 Å². The molecule has 0 bridgehead atoms. The van der Waals surface area contributed by atoms with Gasteiger partial charge >= 0.3 is 0 Å². The van der Waals surface area contributed by atoms with Crippen molar-refractivity contribution >= 4 is 30.7 Å². The average molecular weight is 364 g/mol. The zero-order chi connectivity index (χ0) is 15.7. The van der Waals surface area contributed by atoms with E-state index in [-0.39, 0.29) is 30.7 Å². The highest BCUT2D eigenvalue weighted by Crippen LogP contribution is 2.09. The number of nitrogens with zero attached hydrogens (tertiary/aromatic N) is 1. The predicted octanol–water partition coefficient (Wildman–Crippen LogP) is 2.99. The molecule has 0 atom stereocenters. The molecule has 0 aliphatic heterocycles. The van der Waals surface area contributed by atoms with Crippen LogP contribution >= 0.6 is 24.8 Å². The Morgan fingerprint density at radius 1 is 1.22 bits per heavy atom. The van der Waals surface area contributed by atoms with Gasteiger partial charge in [0.05, 0.1) is 0 Å². The molecule has 6 heteroatoms. The number of rotatable bonds is 9. The number of carbonyl (C=O) groups excluding carboxylic acids is 1. The first-order valence-corrected chi connectivity index (χ1v) is 7.72. The van der Waals surface area contributed by atoms with Gasteiger partial charge in [-0.25, -0.2) is 0 Å².